The van der Waals surface area contributed by atoms with Gasteiger partial charge in [-0.1, -0.05) is 12.1 Å². The fourth-order valence-electron chi connectivity index (χ4n) is 2.33. The fraction of sp³-hybridized carbons (Fsp3) is 0.143. The van der Waals surface area contributed by atoms with Gasteiger partial charge in [0, 0.05) is 22.9 Å². The van der Waals surface area contributed by atoms with Gasteiger partial charge in [0.25, 0.3) is 5.91 Å². The Morgan fingerprint density at radius 2 is 1.54 bits per heavy atom. The first kappa shape index (κ1) is 20.6. The summed E-state index contributed by atoms with van der Waals surface area (Å²) in [6.07, 6.45) is 1.13. The number of methoxy groups -OCH3 is 1. The number of hydrogen-bond acceptors (Lipinski definition) is 5. The van der Waals surface area contributed by atoms with Crippen molar-refractivity contribution in [3.05, 3.63) is 71.3 Å². The van der Waals surface area contributed by atoms with E-state index in [2.05, 4.69) is 15.4 Å². The number of amides is 2. The minimum absolute atomic E-state index is 0.0714. The Bertz CT molecular complexity index is 946. The Hall–Kier alpha value is -3.74. The van der Waals surface area contributed by atoms with Gasteiger partial charge >= 0.3 is 5.97 Å². The molecule has 7 nitrogen and oxygen atoms in total. The van der Waals surface area contributed by atoms with E-state index in [-0.39, 0.29) is 22.6 Å². The van der Waals surface area contributed by atoms with Crippen LogP contribution in [0.15, 0.2) is 60.2 Å². The summed E-state index contributed by atoms with van der Waals surface area (Å²) < 4.78 is 4.68. The van der Waals surface area contributed by atoms with Crippen molar-refractivity contribution in [1.82, 2.24) is 0 Å². The average molecular weight is 380 g/mol. The van der Waals surface area contributed by atoms with Crippen LogP contribution in [0.2, 0.25) is 0 Å². The quantitative estimate of drug-likeness (QED) is 0.455. The predicted octanol–water partition coefficient (Wildman–Crippen LogP) is 3.20. The van der Waals surface area contributed by atoms with E-state index in [1.807, 2.05) is 0 Å². The van der Waals surface area contributed by atoms with Gasteiger partial charge in [-0.25, -0.2) is 4.79 Å². The largest absolute Gasteiger partial charge is 0.465 e. The lowest BCUT2D eigenvalue weighted by atomic mass is 10.1. The standard InChI is InChI=1S/C21H20N2O5/c1-13(20(26)22-16-10-8-15(9-11-16)14(2)24)12-19(25)23-18-7-5-4-6-17(18)21(27)28-3/h4-12H,1-3H3,(H,22,26)(H,23,25)/b13-12-. The second-order valence-electron chi connectivity index (χ2n) is 5.94. The monoisotopic (exact) mass is 380 g/mol. The number of esters is 1. The van der Waals surface area contributed by atoms with Gasteiger partial charge in [0.15, 0.2) is 5.78 Å². The zero-order valence-corrected chi connectivity index (χ0v) is 15.7. The summed E-state index contributed by atoms with van der Waals surface area (Å²) in [5.74, 6) is -1.68. The zero-order chi connectivity index (χ0) is 20.7. The number of nitrogens with one attached hydrogen (secondary N) is 2. The molecular weight excluding hydrogens is 360 g/mol. The Labute approximate surface area is 162 Å². The molecule has 0 bridgehead atoms. The Morgan fingerprint density at radius 1 is 0.893 bits per heavy atom. The van der Waals surface area contributed by atoms with Gasteiger partial charge in [-0.05, 0) is 50.2 Å². The second-order valence-corrected chi connectivity index (χ2v) is 5.94. The molecule has 2 aromatic rings. The van der Waals surface area contributed by atoms with Crippen LogP contribution in [0.25, 0.3) is 0 Å². The van der Waals surface area contributed by atoms with Crippen LogP contribution in [0.1, 0.15) is 34.6 Å². The summed E-state index contributed by atoms with van der Waals surface area (Å²) in [7, 11) is 1.25. The molecule has 0 atom stereocenters. The summed E-state index contributed by atoms with van der Waals surface area (Å²) in [4.78, 5) is 47.5. The van der Waals surface area contributed by atoms with Crippen LogP contribution in [-0.4, -0.2) is 30.7 Å². The average Bonchev–Trinajstić information content (AvgIpc) is 2.68. The van der Waals surface area contributed by atoms with Crippen molar-refractivity contribution >= 4 is 34.9 Å². The van der Waals surface area contributed by atoms with Crippen molar-refractivity contribution in [2.24, 2.45) is 0 Å². The van der Waals surface area contributed by atoms with Crippen LogP contribution in [0.5, 0.6) is 0 Å². The van der Waals surface area contributed by atoms with Crippen molar-refractivity contribution < 1.29 is 23.9 Å². The molecule has 0 saturated heterocycles. The highest BCUT2D eigenvalue weighted by Gasteiger charge is 2.13. The Morgan fingerprint density at radius 3 is 2.14 bits per heavy atom. The molecular formula is C21H20N2O5. The first-order valence-corrected chi connectivity index (χ1v) is 8.40. The highest BCUT2D eigenvalue weighted by molar-refractivity contribution is 6.11. The molecule has 28 heavy (non-hydrogen) atoms. The molecule has 0 aliphatic carbocycles. The van der Waals surface area contributed by atoms with Crippen LogP contribution >= 0.6 is 0 Å². The van der Waals surface area contributed by atoms with E-state index in [1.165, 1.54) is 27.0 Å². The lowest BCUT2D eigenvalue weighted by Gasteiger charge is -2.09. The number of benzene rings is 2. The number of Topliss-reactive ketones (excluding diaryl/α,β-unsaturated/α-hetero) is 1. The molecule has 0 aromatic heterocycles. The number of ketones is 1. The van der Waals surface area contributed by atoms with Crippen LogP contribution in [-0.2, 0) is 14.3 Å². The summed E-state index contributed by atoms with van der Waals surface area (Å²) >= 11 is 0. The third-order valence-electron chi connectivity index (χ3n) is 3.85. The maximum absolute atomic E-state index is 12.2. The van der Waals surface area contributed by atoms with Gasteiger partial charge < -0.3 is 15.4 Å². The van der Waals surface area contributed by atoms with E-state index < -0.39 is 17.8 Å². The van der Waals surface area contributed by atoms with Crippen LogP contribution in [0.4, 0.5) is 11.4 Å². The molecule has 144 valence electrons. The van der Waals surface area contributed by atoms with Crippen molar-refractivity contribution in [2.75, 3.05) is 17.7 Å². The number of ether oxygens (including phenoxy) is 1. The van der Waals surface area contributed by atoms with Gasteiger partial charge in [-0.2, -0.15) is 0 Å². The molecule has 0 heterocycles. The molecule has 0 aliphatic rings. The summed E-state index contributed by atoms with van der Waals surface area (Å²) in [6, 6.07) is 12.8. The normalized spacial score (nSPS) is 10.8. The maximum atomic E-state index is 12.2. The van der Waals surface area contributed by atoms with Gasteiger partial charge in [-0.15, -0.1) is 0 Å². The number of rotatable bonds is 6. The number of para-hydroxylation sites is 1. The molecule has 0 aliphatic heterocycles. The van der Waals surface area contributed by atoms with Crippen LogP contribution < -0.4 is 10.6 Å². The van der Waals surface area contributed by atoms with Crippen LogP contribution in [0.3, 0.4) is 0 Å². The SMILES string of the molecule is COC(=O)c1ccccc1NC(=O)/C=C(/C)C(=O)Nc1ccc(C(C)=O)cc1. The van der Waals surface area contributed by atoms with E-state index in [1.54, 1.807) is 42.5 Å². The van der Waals surface area contributed by atoms with Gasteiger partial charge in [0.1, 0.15) is 0 Å². The minimum atomic E-state index is -0.580. The number of carbonyl (C=O) groups excluding carboxylic acids is 4. The molecule has 0 saturated carbocycles. The van der Waals surface area contributed by atoms with Crippen molar-refractivity contribution in [2.45, 2.75) is 13.8 Å². The molecule has 2 rings (SSSR count). The molecule has 0 radical (unpaired) electrons. The summed E-state index contributed by atoms with van der Waals surface area (Å²) in [5, 5.41) is 5.20. The molecule has 2 N–H and O–H groups in total. The number of anilines is 2. The Balaban J connectivity index is 2.06. The molecule has 7 heteroatoms. The minimum Gasteiger partial charge on any atom is -0.465 e. The first-order chi connectivity index (χ1) is 13.3. The summed E-state index contributed by atoms with van der Waals surface area (Å²) in [5.41, 5.74) is 1.69. The fourth-order valence-corrected chi connectivity index (χ4v) is 2.33. The molecule has 2 amide bonds. The highest BCUT2D eigenvalue weighted by atomic mass is 16.5. The van der Waals surface area contributed by atoms with E-state index >= 15 is 0 Å². The van der Waals surface area contributed by atoms with E-state index in [4.69, 9.17) is 0 Å². The smallest absolute Gasteiger partial charge is 0.339 e. The van der Waals surface area contributed by atoms with E-state index in [9.17, 15) is 19.2 Å². The van der Waals surface area contributed by atoms with Crippen molar-refractivity contribution in [3.8, 4) is 0 Å². The Kier molecular flexibility index (Phi) is 6.81. The first-order valence-electron chi connectivity index (χ1n) is 8.40. The lowest BCUT2D eigenvalue weighted by molar-refractivity contribution is -0.114. The van der Waals surface area contributed by atoms with E-state index in [0.29, 0.717) is 11.3 Å². The third-order valence-corrected chi connectivity index (χ3v) is 3.85. The third kappa shape index (κ3) is 5.38. The number of hydrogen-bond donors (Lipinski definition) is 2. The summed E-state index contributed by atoms with van der Waals surface area (Å²) in [6.45, 7) is 2.95. The van der Waals surface area contributed by atoms with E-state index in [0.717, 1.165) is 6.08 Å². The van der Waals surface area contributed by atoms with Crippen LogP contribution in [0, 0.1) is 0 Å². The number of carbonyl (C=O) groups is 4. The lowest BCUT2D eigenvalue weighted by Crippen LogP contribution is -2.17. The van der Waals surface area contributed by atoms with Gasteiger partial charge in [-0.3, -0.25) is 14.4 Å². The maximum Gasteiger partial charge on any atom is 0.339 e. The van der Waals surface area contributed by atoms with Gasteiger partial charge in [0.05, 0.1) is 18.4 Å². The zero-order valence-electron chi connectivity index (χ0n) is 15.7. The topological polar surface area (TPSA) is 102 Å². The van der Waals surface area contributed by atoms with Gasteiger partial charge in [0.2, 0.25) is 5.91 Å². The molecule has 0 fully saturated rings. The second kappa shape index (κ2) is 9.27. The predicted molar refractivity (Wildman–Crippen MR) is 105 cm³/mol. The van der Waals surface area contributed by atoms with Crippen molar-refractivity contribution in [3.63, 3.8) is 0 Å². The molecule has 2 aromatic carbocycles. The van der Waals surface area contributed by atoms with Crippen molar-refractivity contribution in [1.29, 1.82) is 0 Å². The highest BCUT2D eigenvalue weighted by Crippen LogP contribution is 2.16. The molecule has 0 unspecified atom stereocenters. The molecule has 0 spiro atoms.